The summed E-state index contributed by atoms with van der Waals surface area (Å²) in [6, 6.07) is 4.63. The quantitative estimate of drug-likeness (QED) is 0.597. The Morgan fingerprint density at radius 2 is 2.00 bits per heavy atom. The number of amides is 1. The summed E-state index contributed by atoms with van der Waals surface area (Å²) in [5, 5.41) is 17.0. The number of nitro groups is 1. The van der Waals surface area contributed by atoms with Crippen LogP contribution < -0.4 is 10.6 Å². The third-order valence-corrected chi connectivity index (χ3v) is 3.67. The first-order valence-corrected chi connectivity index (χ1v) is 7.23. The normalized spacial score (nSPS) is 13.3. The molecule has 0 aromatic heterocycles. The molecule has 1 rings (SSSR count). The smallest absolute Gasteiger partial charge is 0.293 e. The number of anilines is 1. The summed E-state index contributed by atoms with van der Waals surface area (Å²) in [5.74, 6) is 0.0924. The highest BCUT2D eigenvalue weighted by Gasteiger charge is 2.20. The fourth-order valence-corrected chi connectivity index (χ4v) is 1.95. The van der Waals surface area contributed by atoms with Gasteiger partial charge in [0, 0.05) is 24.2 Å². The Morgan fingerprint density at radius 3 is 2.52 bits per heavy atom. The van der Waals surface area contributed by atoms with E-state index in [1.54, 1.807) is 19.1 Å². The molecule has 1 aromatic carbocycles. The van der Waals surface area contributed by atoms with E-state index in [2.05, 4.69) is 24.5 Å². The van der Waals surface area contributed by atoms with Crippen molar-refractivity contribution in [1.82, 2.24) is 5.32 Å². The van der Waals surface area contributed by atoms with Crippen LogP contribution in [0.25, 0.3) is 0 Å². The molecule has 0 saturated heterocycles. The van der Waals surface area contributed by atoms with Gasteiger partial charge in [-0.2, -0.15) is 0 Å². The summed E-state index contributed by atoms with van der Waals surface area (Å²) in [6.45, 7) is 8.45. The number of nitrogens with one attached hydrogen (secondary N) is 2. The van der Waals surface area contributed by atoms with Gasteiger partial charge in [0.05, 0.1) is 4.92 Å². The van der Waals surface area contributed by atoms with Gasteiger partial charge in [-0.1, -0.05) is 20.3 Å². The molecule has 1 amide bonds. The fraction of sp³-hybridized carbons (Fsp3) is 0.533. The van der Waals surface area contributed by atoms with Crippen molar-refractivity contribution in [1.29, 1.82) is 0 Å². The molecule has 2 unspecified atom stereocenters. The van der Waals surface area contributed by atoms with Gasteiger partial charge in [0.2, 0.25) is 0 Å². The molecule has 1 aromatic rings. The van der Waals surface area contributed by atoms with Crippen molar-refractivity contribution in [3.8, 4) is 0 Å². The molecule has 0 aliphatic heterocycles. The molecule has 0 radical (unpaired) electrons. The highest BCUT2D eigenvalue weighted by atomic mass is 16.6. The molecular weight excluding hydrogens is 270 g/mol. The van der Waals surface area contributed by atoms with Crippen molar-refractivity contribution in [2.24, 2.45) is 5.92 Å². The number of hydrogen-bond acceptors (Lipinski definition) is 4. The predicted octanol–water partition coefficient (Wildman–Crippen LogP) is 3.19. The van der Waals surface area contributed by atoms with Gasteiger partial charge in [0.15, 0.2) is 0 Å². The minimum atomic E-state index is -0.464. The first kappa shape index (κ1) is 16.9. The third kappa shape index (κ3) is 4.44. The van der Waals surface area contributed by atoms with Gasteiger partial charge < -0.3 is 10.6 Å². The highest BCUT2D eigenvalue weighted by molar-refractivity contribution is 5.95. The van der Waals surface area contributed by atoms with Crippen LogP contribution >= 0.6 is 0 Å². The second-order valence-electron chi connectivity index (χ2n) is 5.17. The molecule has 21 heavy (non-hydrogen) atoms. The van der Waals surface area contributed by atoms with Crippen LogP contribution in [0.2, 0.25) is 0 Å². The van der Waals surface area contributed by atoms with Gasteiger partial charge in [-0.05, 0) is 31.9 Å². The number of nitro benzene ring substituents is 1. The third-order valence-electron chi connectivity index (χ3n) is 3.67. The van der Waals surface area contributed by atoms with Crippen molar-refractivity contribution >= 4 is 17.3 Å². The van der Waals surface area contributed by atoms with E-state index in [9.17, 15) is 14.9 Å². The maximum atomic E-state index is 11.8. The Morgan fingerprint density at radius 1 is 1.33 bits per heavy atom. The number of nitrogens with zero attached hydrogens (tertiary/aromatic N) is 1. The first-order valence-electron chi connectivity index (χ1n) is 7.23. The molecule has 6 heteroatoms. The lowest BCUT2D eigenvalue weighted by atomic mass is 10.0. The fourth-order valence-electron chi connectivity index (χ4n) is 1.95. The van der Waals surface area contributed by atoms with Crippen molar-refractivity contribution in [3.63, 3.8) is 0 Å². The molecule has 0 saturated carbocycles. The Bertz CT molecular complexity index is 517. The summed E-state index contributed by atoms with van der Waals surface area (Å²) >= 11 is 0. The molecule has 0 spiro atoms. The summed E-state index contributed by atoms with van der Waals surface area (Å²) in [7, 11) is 0. The Labute approximate surface area is 125 Å². The zero-order valence-corrected chi connectivity index (χ0v) is 13.0. The molecule has 0 heterocycles. The monoisotopic (exact) mass is 293 g/mol. The molecule has 0 bridgehead atoms. The van der Waals surface area contributed by atoms with Crippen LogP contribution in [0.15, 0.2) is 18.2 Å². The lowest BCUT2D eigenvalue weighted by molar-refractivity contribution is -0.384. The molecule has 2 atom stereocenters. The average molecular weight is 293 g/mol. The van der Waals surface area contributed by atoms with Gasteiger partial charge in [-0.3, -0.25) is 14.9 Å². The van der Waals surface area contributed by atoms with Crippen molar-refractivity contribution in [2.75, 3.05) is 11.9 Å². The van der Waals surface area contributed by atoms with E-state index in [1.165, 1.54) is 6.07 Å². The Kier molecular flexibility index (Phi) is 6.14. The van der Waals surface area contributed by atoms with E-state index in [0.717, 1.165) is 6.42 Å². The van der Waals surface area contributed by atoms with E-state index < -0.39 is 4.92 Å². The SMILES string of the molecule is CCNC(=O)c1ccc(NC(C)C(C)CC)c([N+](=O)[O-])c1. The van der Waals surface area contributed by atoms with E-state index in [-0.39, 0.29) is 17.6 Å². The Hall–Kier alpha value is -2.11. The number of hydrogen-bond donors (Lipinski definition) is 2. The van der Waals surface area contributed by atoms with E-state index in [0.29, 0.717) is 23.7 Å². The predicted molar refractivity (Wildman–Crippen MR) is 83.6 cm³/mol. The van der Waals surface area contributed by atoms with E-state index in [4.69, 9.17) is 0 Å². The molecular formula is C15H23N3O3. The molecule has 0 fully saturated rings. The number of carbonyl (C=O) groups excluding carboxylic acids is 1. The summed E-state index contributed by atoms with van der Waals surface area (Å²) in [4.78, 5) is 22.5. The van der Waals surface area contributed by atoms with Gasteiger partial charge >= 0.3 is 0 Å². The second kappa shape index (κ2) is 7.61. The zero-order chi connectivity index (χ0) is 16.0. The van der Waals surface area contributed by atoms with Crippen LogP contribution in [0.4, 0.5) is 11.4 Å². The van der Waals surface area contributed by atoms with Gasteiger partial charge in [-0.15, -0.1) is 0 Å². The standard InChI is InChI=1S/C15H23N3O3/c1-5-10(3)11(4)17-13-8-7-12(15(19)16-6-2)9-14(13)18(20)21/h7-11,17H,5-6H2,1-4H3,(H,16,19). The van der Waals surface area contributed by atoms with Crippen LogP contribution in [0.5, 0.6) is 0 Å². The van der Waals surface area contributed by atoms with Crippen molar-refractivity contribution in [2.45, 2.75) is 40.2 Å². The van der Waals surface area contributed by atoms with Crippen LogP contribution in [0.3, 0.4) is 0 Å². The molecule has 0 aliphatic rings. The summed E-state index contributed by atoms with van der Waals surface area (Å²) < 4.78 is 0. The van der Waals surface area contributed by atoms with E-state index in [1.807, 2.05) is 6.92 Å². The topological polar surface area (TPSA) is 84.3 Å². The lowest BCUT2D eigenvalue weighted by Crippen LogP contribution is -2.25. The van der Waals surface area contributed by atoms with Crippen LogP contribution in [-0.2, 0) is 0 Å². The minimum Gasteiger partial charge on any atom is -0.377 e. The average Bonchev–Trinajstić information content (AvgIpc) is 2.46. The van der Waals surface area contributed by atoms with Crippen LogP contribution in [-0.4, -0.2) is 23.4 Å². The molecule has 2 N–H and O–H groups in total. The largest absolute Gasteiger partial charge is 0.377 e. The van der Waals surface area contributed by atoms with Gasteiger partial charge in [-0.25, -0.2) is 0 Å². The maximum Gasteiger partial charge on any atom is 0.293 e. The van der Waals surface area contributed by atoms with Gasteiger partial charge in [0.1, 0.15) is 5.69 Å². The summed E-state index contributed by atoms with van der Waals surface area (Å²) in [6.07, 6.45) is 0.985. The molecule has 0 aliphatic carbocycles. The van der Waals surface area contributed by atoms with Crippen molar-refractivity contribution in [3.05, 3.63) is 33.9 Å². The van der Waals surface area contributed by atoms with E-state index >= 15 is 0 Å². The van der Waals surface area contributed by atoms with Crippen LogP contribution in [0, 0.1) is 16.0 Å². The molecule has 6 nitrogen and oxygen atoms in total. The second-order valence-corrected chi connectivity index (χ2v) is 5.17. The molecule has 116 valence electrons. The Balaban J connectivity index is 3.05. The number of carbonyl (C=O) groups is 1. The number of rotatable bonds is 7. The number of benzene rings is 1. The summed E-state index contributed by atoms with van der Waals surface area (Å²) in [5.41, 5.74) is 0.667. The van der Waals surface area contributed by atoms with Gasteiger partial charge in [0.25, 0.3) is 11.6 Å². The minimum absolute atomic E-state index is 0.0751. The zero-order valence-electron chi connectivity index (χ0n) is 13.0. The first-order chi connectivity index (χ1) is 9.90. The highest BCUT2D eigenvalue weighted by Crippen LogP contribution is 2.27. The van der Waals surface area contributed by atoms with Crippen molar-refractivity contribution < 1.29 is 9.72 Å². The van der Waals surface area contributed by atoms with Crippen LogP contribution in [0.1, 0.15) is 44.5 Å². The lowest BCUT2D eigenvalue weighted by Gasteiger charge is -2.21. The maximum absolute atomic E-state index is 11.8.